The lowest BCUT2D eigenvalue weighted by Gasteiger charge is -2.11. The molecular formula is C21H20BrN2O2+. The molecule has 0 saturated heterocycles. The molecule has 5 heteroatoms. The topological polar surface area (TPSA) is 27.3 Å². The summed E-state index contributed by atoms with van der Waals surface area (Å²) in [6.45, 7) is 3.22. The average molecular weight is 412 g/mol. The van der Waals surface area contributed by atoms with Gasteiger partial charge in [-0.15, -0.1) is 0 Å². The van der Waals surface area contributed by atoms with Crippen LogP contribution in [-0.4, -0.2) is 17.8 Å². The molecule has 0 atom stereocenters. The Hall–Kier alpha value is -2.27. The summed E-state index contributed by atoms with van der Waals surface area (Å²) in [7, 11) is 0. The van der Waals surface area contributed by atoms with Crippen LogP contribution in [0.25, 0.3) is 0 Å². The third-order valence-electron chi connectivity index (χ3n) is 5.16. The van der Waals surface area contributed by atoms with Gasteiger partial charge in [-0.1, -0.05) is 34.1 Å². The number of hydrogen-bond acceptors (Lipinski definition) is 2. The summed E-state index contributed by atoms with van der Waals surface area (Å²) < 4.78 is 17.4. The highest BCUT2D eigenvalue weighted by Crippen LogP contribution is 2.40. The van der Waals surface area contributed by atoms with Gasteiger partial charge in [-0.05, 0) is 12.1 Å². The van der Waals surface area contributed by atoms with Crippen molar-refractivity contribution in [2.45, 2.75) is 25.9 Å². The van der Waals surface area contributed by atoms with E-state index in [1.54, 1.807) is 0 Å². The number of rotatable bonds is 4. The Balaban J connectivity index is 1.43. The minimum atomic E-state index is 0.777. The van der Waals surface area contributed by atoms with Crippen molar-refractivity contribution < 1.29 is 14.0 Å². The normalized spacial score (nSPS) is 14.7. The molecular weight excluding hydrogens is 392 g/mol. The van der Waals surface area contributed by atoms with Crippen LogP contribution in [0.15, 0.2) is 53.5 Å². The first-order valence-electron chi connectivity index (χ1n) is 8.99. The fraction of sp³-hybridized carbons (Fsp3) is 0.286. The Labute approximate surface area is 161 Å². The van der Waals surface area contributed by atoms with Gasteiger partial charge in [0.2, 0.25) is 6.33 Å². The van der Waals surface area contributed by atoms with Crippen LogP contribution in [0, 0.1) is 0 Å². The first-order chi connectivity index (χ1) is 12.8. The van der Waals surface area contributed by atoms with Crippen LogP contribution in [0.1, 0.15) is 22.3 Å². The van der Waals surface area contributed by atoms with Crippen LogP contribution in [0.3, 0.4) is 0 Å². The zero-order valence-electron chi connectivity index (χ0n) is 14.5. The SMILES string of the molecule is Brc1ccccc1C[n+]1ccn(Cc2c3c(cc4c2OCC4)OCC3)c1. The summed E-state index contributed by atoms with van der Waals surface area (Å²) in [5.41, 5.74) is 5.16. The first-order valence-corrected chi connectivity index (χ1v) is 9.79. The molecule has 0 bridgehead atoms. The van der Waals surface area contributed by atoms with E-state index in [2.05, 4.69) is 68.1 Å². The Bertz CT molecular complexity index is 948. The molecule has 0 N–H and O–H groups in total. The quantitative estimate of drug-likeness (QED) is 0.614. The molecule has 0 fully saturated rings. The number of halogens is 1. The number of ether oxygens (including phenoxy) is 2. The monoisotopic (exact) mass is 411 g/mol. The van der Waals surface area contributed by atoms with Crippen molar-refractivity contribution in [1.82, 2.24) is 4.57 Å². The molecule has 132 valence electrons. The number of aromatic nitrogens is 2. The van der Waals surface area contributed by atoms with E-state index in [1.165, 1.54) is 22.3 Å². The van der Waals surface area contributed by atoms with Crippen molar-refractivity contribution in [2.75, 3.05) is 13.2 Å². The summed E-state index contributed by atoms with van der Waals surface area (Å²) >= 11 is 3.63. The molecule has 0 radical (unpaired) electrons. The second kappa shape index (κ2) is 6.47. The number of imidazole rings is 1. The third kappa shape index (κ3) is 2.80. The molecule has 0 saturated carbocycles. The lowest BCUT2D eigenvalue weighted by molar-refractivity contribution is -0.687. The van der Waals surface area contributed by atoms with E-state index in [9.17, 15) is 0 Å². The summed E-state index contributed by atoms with van der Waals surface area (Å²) in [5, 5.41) is 0. The summed E-state index contributed by atoms with van der Waals surface area (Å²) in [6, 6.07) is 10.5. The molecule has 0 aliphatic carbocycles. The smallest absolute Gasteiger partial charge is 0.244 e. The Morgan fingerprint density at radius 1 is 1.12 bits per heavy atom. The number of benzene rings is 2. The number of hydrogen-bond donors (Lipinski definition) is 0. The molecule has 5 rings (SSSR count). The lowest BCUT2D eigenvalue weighted by atomic mass is 9.99. The second-order valence-electron chi connectivity index (χ2n) is 6.87. The standard InChI is InChI=1S/C21H20BrN2O2/c22-19-4-2-1-3-16(19)12-23-7-8-24(14-23)13-18-17-6-10-25-20(17)11-15-5-9-26-21(15)18/h1-4,7-8,11,14H,5-6,9-10,12-13H2/q+1. The van der Waals surface area contributed by atoms with Gasteiger partial charge in [0.25, 0.3) is 0 Å². The van der Waals surface area contributed by atoms with Crippen LogP contribution in [0.5, 0.6) is 11.5 Å². The minimum absolute atomic E-state index is 0.777. The molecule has 26 heavy (non-hydrogen) atoms. The molecule has 3 aromatic rings. The highest BCUT2D eigenvalue weighted by atomic mass is 79.9. The van der Waals surface area contributed by atoms with Crippen LogP contribution in [-0.2, 0) is 25.9 Å². The second-order valence-corrected chi connectivity index (χ2v) is 7.72. The summed E-state index contributed by atoms with van der Waals surface area (Å²) in [6.07, 6.45) is 8.37. The minimum Gasteiger partial charge on any atom is -0.493 e. The van der Waals surface area contributed by atoms with E-state index in [1.807, 2.05) is 6.07 Å². The Kier molecular flexibility index (Phi) is 3.97. The maximum absolute atomic E-state index is 5.96. The summed E-state index contributed by atoms with van der Waals surface area (Å²) in [4.78, 5) is 0. The molecule has 2 aromatic carbocycles. The largest absolute Gasteiger partial charge is 0.493 e. The molecule has 1 aromatic heterocycles. The van der Waals surface area contributed by atoms with Gasteiger partial charge in [0.15, 0.2) is 0 Å². The highest BCUT2D eigenvalue weighted by molar-refractivity contribution is 9.10. The molecule has 0 amide bonds. The van der Waals surface area contributed by atoms with Gasteiger partial charge in [-0.3, -0.25) is 0 Å². The van der Waals surface area contributed by atoms with Gasteiger partial charge in [0.1, 0.15) is 37.0 Å². The van der Waals surface area contributed by atoms with Crippen LogP contribution >= 0.6 is 15.9 Å². The van der Waals surface area contributed by atoms with Crippen molar-refractivity contribution in [3.8, 4) is 11.5 Å². The van der Waals surface area contributed by atoms with E-state index in [-0.39, 0.29) is 0 Å². The maximum atomic E-state index is 5.96. The number of nitrogens with zero attached hydrogens (tertiary/aromatic N) is 2. The van der Waals surface area contributed by atoms with Crippen LogP contribution < -0.4 is 14.0 Å². The molecule has 3 heterocycles. The predicted octanol–water partition coefficient (Wildman–Crippen LogP) is 3.50. The zero-order valence-corrected chi connectivity index (χ0v) is 16.0. The van der Waals surface area contributed by atoms with Gasteiger partial charge in [0, 0.05) is 39.6 Å². The Morgan fingerprint density at radius 2 is 2.00 bits per heavy atom. The highest BCUT2D eigenvalue weighted by Gasteiger charge is 2.27. The third-order valence-corrected chi connectivity index (χ3v) is 5.93. The first kappa shape index (κ1) is 15.9. The molecule has 2 aliphatic rings. The maximum Gasteiger partial charge on any atom is 0.244 e. The average Bonchev–Trinajstić information content (AvgIpc) is 3.37. The fourth-order valence-corrected chi connectivity index (χ4v) is 4.29. The Morgan fingerprint density at radius 3 is 2.92 bits per heavy atom. The van der Waals surface area contributed by atoms with E-state index >= 15 is 0 Å². The van der Waals surface area contributed by atoms with E-state index in [0.29, 0.717) is 0 Å². The lowest BCUT2D eigenvalue weighted by Crippen LogP contribution is -2.31. The number of fused-ring (bicyclic) bond motifs is 2. The van der Waals surface area contributed by atoms with Crippen molar-refractivity contribution >= 4 is 15.9 Å². The molecule has 2 aliphatic heterocycles. The van der Waals surface area contributed by atoms with E-state index in [4.69, 9.17) is 9.47 Å². The van der Waals surface area contributed by atoms with E-state index < -0.39 is 0 Å². The summed E-state index contributed by atoms with van der Waals surface area (Å²) in [5.74, 6) is 2.14. The van der Waals surface area contributed by atoms with Crippen LogP contribution in [0.2, 0.25) is 0 Å². The fourth-order valence-electron chi connectivity index (χ4n) is 3.88. The predicted molar refractivity (Wildman–Crippen MR) is 102 cm³/mol. The molecule has 0 spiro atoms. The van der Waals surface area contributed by atoms with Gasteiger partial charge in [-0.25, -0.2) is 9.13 Å². The van der Waals surface area contributed by atoms with Gasteiger partial charge < -0.3 is 9.47 Å². The zero-order chi connectivity index (χ0) is 17.5. The van der Waals surface area contributed by atoms with E-state index in [0.717, 1.165) is 55.1 Å². The van der Waals surface area contributed by atoms with Crippen molar-refractivity contribution in [2.24, 2.45) is 0 Å². The van der Waals surface area contributed by atoms with Crippen LogP contribution in [0.4, 0.5) is 0 Å². The van der Waals surface area contributed by atoms with Gasteiger partial charge in [0.05, 0.1) is 13.2 Å². The van der Waals surface area contributed by atoms with Crippen molar-refractivity contribution in [3.63, 3.8) is 0 Å². The van der Waals surface area contributed by atoms with Crippen molar-refractivity contribution in [1.29, 1.82) is 0 Å². The van der Waals surface area contributed by atoms with Gasteiger partial charge >= 0.3 is 0 Å². The van der Waals surface area contributed by atoms with Crippen molar-refractivity contribution in [3.05, 3.63) is 75.8 Å². The molecule has 4 nitrogen and oxygen atoms in total. The molecule has 0 unspecified atom stereocenters. The van der Waals surface area contributed by atoms with Gasteiger partial charge in [-0.2, -0.15) is 0 Å².